The Balaban J connectivity index is 1.98. The summed E-state index contributed by atoms with van der Waals surface area (Å²) < 4.78 is 1.54. The first-order valence-electron chi connectivity index (χ1n) is 7.81. The van der Waals surface area contributed by atoms with E-state index in [9.17, 15) is 4.79 Å². The summed E-state index contributed by atoms with van der Waals surface area (Å²) in [4.78, 5) is 13.1. The van der Waals surface area contributed by atoms with Gasteiger partial charge >= 0.3 is 0 Å². The van der Waals surface area contributed by atoms with Crippen LogP contribution in [0.25, 0.3) is 0 Å². The Morgan fingerprint density at radius 2 is 1.61 bits per heavy atom. The van der Waals surface area contributed by atoms with E-state index in [0.717, 1.165) is 22.5 Å². The van der Waals surface area contributed by atoms with Crippen molar-refractivity contribution in [3.8, 4) is 0 Å². The van der Waals surface area contributed by atoms with E-state index in [0.29, 0.717) is 6.42 Å². The molecule has 3 aromatic rings. The highest BCUT2D eigenvalue weighted by molar-refractivity contribution is 5.86. The second-order valence-corrected chi connectivity index (χ2v) is 5.83. The fourth-order valence-corrected chi connectivity index (χ4v) is 2.88. The lowest BCUT2D eigenvalue weighted by molar-refractivity contribution is 0.0857. The lowest BCUT2D eigenvalue weighted by atomic mass is 9.91. The van der Waals surface area contributed by atoms with Gasteiger partial charge < -0.3 is 0 Å². The van der Waals surface area contributed by atoms with Gasteiger partial charge in [-0.2, -0.15) is 5.10 Å². The SMILES string of the molecule is Cc1cc(C)n(C(=O)[C@H](Cc2ccccc2)c2ccccc2)n1. The van der Waals surface area contributed by atoms with Crippen molar-refractivity contribution in [2.24, 2.45) is 0 Å². The molecule has 0 aliphatic heterocycles. The fraction of sp³-hybridized carbons (Fsp3) is 0.200. The van der Waals surface area contributed by atoms with Crippen molar-refractivity contribution in [3.05, 3.63) is 89.2 Å². The van der Waals surface area contributed by atoms with E-state index < -0.39 is 0 Å². The average molecular weight is 304 g/mol. The van der Waals surface area contributed by atoms with Crippen molar-refractivity contribution in [3.63, 3.8) is 0 Å². The quantitative estimate of drug-likeness (QED) is 0.725. The first-order valence-corrected chi connectivity index (χ1v) is 7.81. The number of rotatable bonds is 4. The molecule has 3 nitrogen and oxygen atoms in total. The third kappa shape index (κ3) is 3.39. The molecule has 0 fully saturated rings. The van der Waals surface area contributed by atoms with Crippen LogP contribution in [0.1, 0.15) is 33.2 Å². The topological polar surface area (TPSA) is 34.9 Å². The van der Waals surface area contributed by atoms with Gasteiger partial charge in [0, 0.05) is 5.69 Å². The predicted molar refractivity (Wildman–Crippen MR) is 91.7 cm³/mol. The van der Waals surface area contributed by atoms with Gasteiger partial charge in [0.15, 0.2) is 0 Å². The van der Waals surface area contributed by atoms with Crippen molar-refractivity contribution in [2.75, 3.05) is 0 Å². The maximum absolute atomic E-state index is 13.1. The Morgan fingerprint density at radius 1 is 1.00 bits per heavy atom. The number of aromatic nitrogens is 2. The van der Waals surface area contributed by atoms with Gasteiger partial charge in [-0.05, 0) is 37.5 Å². The number of nitrogens with zero attached hydrogens (tertiary/aromatic N) is 2. The first-order chi connectivity index (χ1) is 11.1. The summed E-state index contributed by atoms with van der Waals surface area (Å²) in [5.74, 6) is -0.220. The van der Waals surface area contributed by atoms with E-state index in [4.69, 9.17) is 0 Å². The minimum absolute atomic E-state index is 0.0191. The van der Waals surface area contributed by atoms with Gasteiger partial charge in [-0.15, -0.1) is 0 Å². The number of carbonyl (C=O) groups excluding carboxylic acids is 1. The summed E-state index contributed by atoms with van der Waals surface area (Å²) in [6, 6.07) is 22.0. The minimum Gasteiger partial charge on any atom is -0.272 e. The molecule has 0 amide bonds. The molecule has 0 unspecified atom stereocenters. The van der Waals surface area contributed by atoms with Crippen LogP contribution in [-0.4, -0.2) is 15.7 Å². The van der Waals surface area contributed by atoms with Crippen LogP contribution in [0, 0.1) is 13.8 Å². The lowest BCUT2D eigenvalue weighted by Gasteiger charge is -2.17. The minimum atomic E-state index is -0.239. The van der Waals surface area contributed by atoms with Crippen LogP contribution in [0.4, 0.5) is 0 Å². The molecule has 116 valence electrons. The summed E-state index contributed by atoms with van der Waals surface area (Å²) >= 11 is 0. The Bertz CT molecular complexity index is 791. The average Bonchev–Trinajstić information content (AvgIpc) is 2.92. The first kappa shape index (κ1) is 15.2. The molecule has 1 aromatic heterocycles. The molecule has 3 rings (SSSR count). The molecule has 23 heavy (non-hydrogen) atoms. The molecule has 0 saturated carbocycles. The van der Waals surface area contributed by atoms with Gasteiger partial charge in [-0.3, -0.25) is 4.79 Å². The van der Waals surface area contributed by atoms with Crippen molar-refractivity contribution in [1.82, 2.24) is 9.78 Å². The molecule has 1 heterocycles. The van der Waals surface area contributed by atoms with Gasteiger partial charge in [0.05, 0.1) is 11.6 Å². The van der Waals surface area contributed by atoms with Crippen molar-refractivity contribution >= 4 is 5.91 Å². The number of carbonyl (C=O) groups is 1. The van der Waals surface area contributed by atoms with E-state index >= 15 is 0 Å². The third-order valence-corrected chi connectivity index (χ3v) is 4.00. The number of benzene rings is 2. The molecular weight excluding hydrogens is 284 g/mol. The van der Waals surface area contributed by atoms with Crippen LogP contribution in [0.15, 0.2) is 66.7 Å². The molecule has 0 aliphatic carbocycles. The molecule has 2 aromatic carbocycles. The molecule has 3 heteroatoms. The zero-order chi connectivity index (χ0) is 16.2. The molecule has 0 aliphatic rings. The summed E-state index contributed by atoms with van der Waals surface area (Å²) in [7, 11) is 0. The van der Waals surface area contributed by atoms with Crippen molar-refractivity contribution in [2.45, 2.75) is 26.2 Å². The highest BCUT2D eigenvalue weighted by Gasteiger charge is 2.24. The zero-order valence-electron chi connectivity index (χ0n) is 13.4. The Kier molecular flexibility index (Phi) is 4.38. The Hall–Kier alpha value is -2.68. The summed E-state index contributed by atoms with van der Waals surface area (Å²) in [6.45, 7) is 3.83. The van der Waals surface area contributed by atoms with Gasteiger partial charge in [0.1, 0.15) is 0 Å². The summed E-state index contributed by atoms with van der Waals surface area (Å²) in [5, 5.41) is 4.37. The van der Waals surface area contributed by atoms with Gasteiger partial charge in [0.25, 0.3) is 5.91 Å². The highest BCUT2D eigenvalue weighted by Crippen LogP contribution is 2.23. The molecule has 0 spiro atoms. The van der Waals surface area contributed by atoms with Gasteiger partial charge in [-0.1, -0.05) is 60.7 Å². The molecule has 0 radical (unpaired) electrons. The monoisotopic (exact) mass is 304 g/mol. The lowest BCUT2D eigenvalue weighted by Crippen LogP contribution is -2.24. The predicted octanol–water partition coefficient (Wildman–Crippen LogP) is 4.17. The Morgan fingerprint density at radius 3 is 2.17 bits per heavy atom. The third-order valence-electron chi connectivity index (χ3n) is 4.00. The summed E-state index contributed by atoms with van der Waals surface area (Å²) in [5.41, 5.74) is 3.91. The van der Waals surface area contributed by atoms with Crippen LogP contribution in [0.3, 0.4) is 0 Å². The molecule has 1 atom stereocenters. The molecule has 0 N–H and O–H groups in total. The number of aryl methyl sites for hydroxylation is 2. The maximum atomic E-state index is 13.1. The van der Waals surface area contributed by atoms with Crippen molar-refractivity contribution in [1.29, 1.82) is 0 Å². The molecule has 0 bridgehead atoms. The van der Waals surface area contributed by atoms with Crippen LogP contribution in [0.2, 0.25) is 0 Å². The van der Waals surface area contributed by atoms with Crippen LogP contribution < -0.4 is 0 Å². The van der Waals surface area contributed by atoms with Crippen molar-refractivity contribution < 1.29 is 4.79 Å². The van der Waals surface area contributed by atoms with E-state index in [2.05, 4.69) is 17.2 Å². The Labute approximate surface area is 136 Å². The van der Waals surface area contributed by atoms with Gasteiger partial charge in [-0.25, -0.2) is 4.68 Å². The van der Waals surface area contributed by atoms with E-state index in [1.54, 1.807) is 0 Å². The number of hydrogen-bond acceptors (Lipinski definition) is 2. The van der Waals surface area contributed by atoms with E-state index in [-0.39, 0.29) is 11.8 Å². The normalized spacial score (nSPS) is 12.1. The zero-order valence-corrected chi connectivity index (χ0v) is 13.4. The van der Waals surface area contributed by atoms with E-state index in [1.807, 2.05) is 68.4 Å². The highest BCUT2D eigenvalue weighted by atomic mass is 16.2. The molecule has 0 saturated heterocycles. The van der Waals surface area contributed by atoms with Gasteiger partial charge in [0.2, 0.25) is 0 Å². The summed E-state index contributed by atoms with van der Waals surface area (Å²) in [6.07, 6.45) is 0.669. The fourth-order valence-electron chi connectivity index (χ4n) is 2.88. The molecular formula is C20H20N2O. The maximum Gasteiger partial charge on any atom is 0.254 e. The van der Waals surface area contributed by atoms with Crippen LogP contribution >= 0.6 is 0 Å². The van der Waals surface area contributed by atoms with E-state index in [1.165, 1.54) is 4.68 Å². The second kappa shape index (κ2) is 6.61. The smallest absolute Gasteiger partial charge is 0.254 e. The second-order valence-electron chi connectivity index (χ2n) is 5.83. The van der Waals surface area contributed by atoms with Crippen LogP contribution in [0.5, 0.6) is 0 Å². The van der Waals surface area contributed by atoms with Crippen LogP contribution in [-0.2, 0) is 6.42 Å². The largest absolute Gasteiger partial charge is 0.272 e. The standard InChI is InChI=1S/C20H20N2O/c1-15-13-16(2)22(21-15)20(23)19(18-11-7-4-8-12-18)14-17-9-5-3-6-10-17/h3-13,19H,14H2,1-2H3/t19-/m1/s1. The number of hydrogen-bond donors (Lipinski definition) is 0.